The molecular formula is C21H20N2O2. The van der Waals surface area contributed by atoms with Crippen LogP contribution in [0.2, 0.25) is 0 Å². The molecule has 0 unspecified atom stereocenters. The quantitative estimate of drug-likeness (QED) is 0.753. The summed E-state index contributed by atoms with van der Waals surface area (Å²) >= 11 is 0. The van der Waals surface area contributed by atoms with Crippen LogP contribution in [-0.4, -0.2) is 22.3 Å². The van der Waals surface area contributed by atoms with Crippen molar-refractivity contribution >= 4 is 5.91 Å². The second-order valence-electron chi connectivity index (χ2n) is 5.88. The van der Waals surface area contributed by atoms with Gasteiger partial charge in [-0.3, -0.25) is 9.59 Å². The van der Waals surface area contributed by atoms with Crippen molar-refractivity contribution in [2.24, 2.45) is 0 Å². The van der Waals surface area contributed by atoms with E-state index < -0.39 is 0 Å². The van der Waals surface area contributed by atoms with E-state index in [1.165, 1.54) is 11.6 Å². The Morgan fingerprint density at radius 3 is 2.08 bits per heavy atom. The molecule has 0 atom stereocenters. The molecule has 4 nitrogen and oxygen atoms in total. The Balaban J connectivity index is 1.80. The third-order valence-electron chi connectivity index (χ3n) is 4.02. The Morgan fingerprint density at radius 1 is 0.800 bits per heavy atom. The van der Waals surface area contributed by atoms with Crippen LogP contribution in [0.3, 0.4) is 0 Å². The van der Waals surface area contributed by atoms with Gasteiger partial charge in [0, 0.05) is 19.2 Å². The largest absolute Gasteiger partial charge is 0.333 e. The zero-order valence-corrected chi connectivity index (χ0v) is 13.9. The fourth-order valence-corrected chi connectivity index (χ4v) is 2.71. The second kappa shape index (κ2) is 8.11. The van der Waals surface area contributed by atoms with Gasteiger partial charge in [-0.05, 0) is 23.6 Å². The molecule has 1 heterocycles. The van der Waals surface area contributed by atoms with Gasteiger partial charge >= 0.3 is 0 Å². The van der Waals surface area contributed by atoms with Crippen molar-refractivity contribution in [2.75, 3.05) is 6.54 Å². The van der Waals surface area contributed by atoms with Crippen LogP contribution in [0.25, 0.3) is 0 Å². The molecule has 25 heavy (non-hydrogen) atoms. The summed E-state index contributed by atoms with van der Waals surface area (Å²) in [6, 6.07) is 24.6. The highest BCUT2D eigenvalue weighted by molar-refractivity contribution is 5.92. The maximum absolute atomic E-state index is 12.9. The van der Waals surface area contributed by atoms with E-state index in [1.807, 2.05) is 48.5 Å². The summed E-state index contributed by atoms with van der Waals surface area (Å²) in [5, 5.41) is 0. The Labute approximate surface area is 146 Å². The molecule has 0 aliphatic carbocycles. The van der Waals surface area contributed by atoms with Gasteiger partial charge in [-0.15, -0.1) is 0 Å². The SMILES string of the molecule is O=C(c1cccc(=O)[nH]1)N(CCc1ccccc1)Cc1ccccc1. The van der Waals surface area contributed by atoms with Crippen LogP contribution in [0.15, 0.2) is 83.7 Å². The molecule has 3 rings (SSSR count). The first-order chi connectivity index (χ1) is 12.2. The number of rotatable bonds is 6. The fraction of sp³-hybridized carbons (Fsp3) is 0.143. The van der Waals surface area contributed by atoms with E-state index in [2.05, 4.69) is 17.1 Å². The van der Waals surface area contributed by atoms with Crippen molar-refractivity contribution in [1.82, 2.24) is 9.88 Å². The lowest BCUT2D eigenvalue weighted by molar-refractivity contribution is 0.0739. The van der Waals surface area contributed by atoms with Crippen molar-refractivity contribution in [3.8, 4) is 0 Å². The standard InChI is InChI=1S/C21H20N2O2/c24-20-13-7-12-19(22-20)21(25)23(16-18-10-5-2-6-11-18)15-14-17-8-3-1-4-9-17/h1-13H,14-16H2,(H,22,24). The molecule has 0 saturated heterocycles. The van der Waals surface area contributed by atoms with Crippen molar-refractivity contribution < 1.29 is 4.79 Å². The minimum atomic E-state index is -0.270. The van der Waals surface area contributed by atoms with Crippen LogP contribution in [0.5, 0.6) is 0 Å². The minimum absolute atomic E-state index is 0.169. The molecule has 1 aromatic heterocycles. The summed E-state index contributed by atoms with van der Waals surface area (Å²) in [6.07, 6.45) is 0.760. The van der Waals surface area contributed by atoms with Crippen molar-refractivity contribution in [3.05, 3.63) is 106 Å². The smallest absolute Gasteiger partial charge is 0.270 e. The normalized spacial score (nSPS) is 10.4. The first-order valence-electron chi connectivity index (χ1n) is 8.29. The zero-order chi connectivity index (χ0) is 17.5. The summed E-state index contributed by atoms with van der Waals surface area (Å²) in [6.45, 7) is 1.08. The molecule has 1 amide bonds. The Hall–Kier alpha value is -3.14. The number of nitrogens with one attached hydrogen (secondary N) is 1. The number of nitrogens with zero attached hydrogens (tertiary/aromatic N) is 1. The Kier molecular flexibility index (Phi) is 5.42. The maximum Gasteiger partial charge on any atom is 0.270 e. The molecule has 126 valence electrons. The van der Waals surface area contributed by atoms with Gasteiger partial charge in [-0.25, -0.2) is 0 Å². The molecule has 0 aliphatic heterocycles. The molecule has 2 aromatic carbocycles. The zero-order valence-electron chi connectivity index (χ0n) is 13.9. The molecule has 0 fully saturated rings. The first-order valence-corrected chi connectivity index (χ1v) is 8.29. The lowest BCUT2D eigenvalue weighted by Gasteiger charge is -2.23. The summed E-state index contributed by atoms with van der Waals surface area (Å²) in [7, 11) is 0. The van der Waals surface area contributed by atoms with Gasteiger partial charge in [-0.1, -0.05) is 66.7 Å². The fourth-order valence-electron chi connectivity index (χ4n) is 2.71. The van der Waals surface area contributed by atoms with Crippen LogP contribution < -0.4 is 5.56 Å². The molecule has 3 aromatic rings. The van der Waals surface area contributed by atoms with Gasteiger partial charge in [0.2, 0.25) is 5.56 Å². The number of carbonyl (C=O) groups is 1. The summed E-state index contributed by atoms with van der Waals surface area (Å²) in [5.41, 5.74) is 2.28. The molecule has 0 aliphatic rings. The second-order valence-corrected chi connectivity index (χ2v) is 5.88. The van der Waals surface area contributed by atoms with Gasteiger partial charge < -0.3 is 9.88 Å². The molecule has 0 spiro atoms. The topological polar surface area (TPSA) is 53.2 Å². The number of carbonyl (C=O) groups excluding carboxylic acids is 1. The molecule has 0 bridgehead atoms. The van der Waals surface area contributed by atoms with Crippen LogP contribution in [0, 0.1) is 0 Å². The minimum Gasteiger partial charge on any atom is -0.333 e. The van der Waals surface area contributed by atoms with Gasteiger partial charge in [0.1, 0.15) is 5.69 Å². The summed E-state index contributed by atoms with van der Waals surface area (Å²) in [5.74, 6) is -0.169. The third kappa shape index (κ3) is 4.67. The lowest BCUT2D eigenvalue weighted by atomic mass is 10.1. The van der Waals surface area contributed by atoms with E-state index in [0.717, 1.165) is 12.0 Å². The van der Waals surface area contributed by atoms with E-state index in [4.69, 9.17) is 0 Å². The van der Waals surface area contributed by atoms with Crippen LogP contribution in [0.4, 0.5) is 0 Å². The van der Waals surface area contributed by atoms with Gasteiger partial charge in [0.25, 0.3) is 5.91 Å². The van der Waals surface area contributed by atoms with E-state index in [-0.39, 0.29) is 11.5 Å². The average Bonchev–Trinajstić information content (AvgIpc) is 2.66. The summed E-state index contributed by atoms with van der Waals surface area (Å²) < 4.78 is 0. The number of benzene rings is 2. The lowest BCUT2D eigenvalue weighted by Crippen LogP contribution is -2.34. The highest BCUT2D eigenvalue weighted by Gasteiger charge is 2.17. The molecule has 1 N–H and O–H groups in total. The molecule has 0 radical (unpaired) electrons. The van der Waals surface area contributed by atoms with Gasteiger partial charge in [0.05, 0.1) is 0 Å². The highest BCUT2D eigenvalue weighted by Crippen LogP contribution is 2.10. The van der Waals surface area contributed by atoms with Crippen molar-refractivity contribution in [1.29, 1.82) is 0 Å². The predicted octanol–water partition coefficient (Wildman–Crippen LogP) is 3.26. The van der Waals surface area contributed by atoms with E-state index >= 15 is 0 Å². The van der Waals surface area contributed by atoms with Crippen LogP contribution in [0.1, 0.15) is 21.6 Å². The summed E-state index contributed by atoms with van der Waals surface area (Å²) in [4.78, 5) is 28.8. The van der Waals surface area contributed by atoms with Crippen molar-refractivity contribution in [2.45, 2.75) is 13.0 Å². The molecule has 0 saturated carbocycles. The number of aromatic nitrogens is 1. The number of aromatic amines is 1. The van der Waals surface area contributed by atoms with Gasteiger partial charge in [-0.2, -0.15) is 0 Å². The number of amides is 1. The first kappa shape index (κ1) is 16.7. The maximum atomic E-state index is 12.9. The number of H-pyrrole nitrogens is 1. The van der Waals surface area contributed by atoms with E-state index in [9.17, 15) is 9.59 Å². The van der Waals surface area contributed by atoms with Crippen LogP contribution in [-0.2, 0) is 13.0 Å². The Bertz CT molecular complexity index is 873. The van der Waals surface area contributed by atoms with Crippen LogP contribution >= 0.6 is 0 Å². The number of pyridine rings is 1. The average molecular weight is 332 g/mol. The van der Waals surface area contributed by atoms with Crippen molar-refractivity contribution in [3.63, 3.8) is 0 Å². The number of hydrogen-bond acceptors (Lipinski definition) is 2. The third-order valence-corrected chi connectivity index (χ3v) is 4.02. The van der Waals surface area contributed by atoms with Gasteiger partial charge in [0.15, 0.2) is 0 Å². The van der Waals surface area contributed by atoms with E-state index in [1.54, 1.807) is 17.0 Å². The molecular weight excluding hydrogens is 312 g/mol. The molecule has 4 heteroatoms. The Morgan fingerprint density at radius 2 is 1.44 bits per heavy atom. The van der Waals surface area contributed by atoms with E-state index in [0.29, 0.717) is 18.8 Å². The highest BCUT2D eigenvalue weighted by atomic mass is 16.2. The predicted molar refractivity (Wildman–Crippen MR) is 98.4 cm³/mol. The number of hydrogen-bond donors (Lipinski definition) is 1. The monoisotopic (exact) mass is 332 g/mol.